The molecule has 2 aromatic rings. The molecule has 4 rings (SSSR count). The Balaban J connectivity index is 1.57. The molecule has 1 aliphatic carbocycles. The molecule has 0 aromatic heterocycles. The van der Waals surface area contributed by atoms with E-state index >= 15 is 0 Å². The molecule has 36 heavy (non-hydrogen) atoms. The molecular formula is C29H42N4O3. The van der Waals surface area contributed by atoms with Gasteiger partial charge < -0.3 is 15.2 Å². The summed E-state index contributed by atoms with van der Waals surface area (Å²) in [6.07, 6.45) is 3.86. The van der Waals surface area contributed by atoms with E-state index in [0.717, 1.165) is 50.0 Å². The lowest BCUT2D eigenvalue weighted by Crippen LogP contribution is -2.57. The highest BCUT2D eigenvalue weighted by atomic mass is 16.5. The molecule has 7 heteroatoms. The van der Waals surface area contributed by atoms with Crippen molar-refractivity contribution in [2.45, 2.75) is 63.0 Å². The normalized spacial score (nSPS) is 27.0. The number of rotatable bonds is 9. The average Bonchev–Trinajstić information content (AvgIpc) is 3.14. The van der Waals surface area contributed by atoms with E-state index in [1.54, 1.807) is 7.11 Å². The number of carbonyl (C=O) groups excluding carboxylic acids is 1. The van der Waals surface area contributed by atoms with Crippen molar-refractivity contribution in [1.29, 1.82) is 0 Å². The maximum Gasteiger partial charge on any atom is 0.234 e. The molecule has 196 valence electrons. The molecular weight excluding hydrogens is 452 g/mol. The van der Waals surface area contributed by atoms with Crippen molar-refractivity contribution < 1.29 is 14.6 Å². The van der Waals surface area contributed by atoms with E-state index < -0.39 is 6.35 Å². The first-order valence-electron chi connectivity index (χ1n) is 13.1. The van der Waals surface area contributed by atoms with Crippen LogP contribution in [0.2, 0.25) is 0 Å². The third-order valence-electron chi connectivity index (χ3n) is 8.32. The fourth-order valence-electron chi connectivity index (χ4n) is 6.14. The van der Waals surface area contributed by atoms with Crippen LogP contribution >= 0.6 is 0 Å². The monoisotopic (exact) mass is 494 g/mol. The predicted octanol–water partition coefficient (Wildman–Crippen LogP) is 3.38. The standard InChI is InChI=1S/C29H42N4O3/c1-5-19-30-26(34)21-33-27(35)32(20-23-11-13-25(36-4)14-12-23)22-28(33)15-17-29(18-16-28,31(2)3)24-9-7-6-8-10-24/h6-14,27,35H,5,15-22H2,1-4H3,(H,30,34). The number of benzene rings is 2. The Kier molecular flexibility index (Phi) is 8.35. The van der Waals surface area contributed by atoms with Gasteiger partial charge in [0.15, 0.2) is 6.35 Å². The van der Waals surface area contributed by atoms with Gasteiger partial charge in [-0.1, -0.05) is 49.4 Å². The van der Waals surface area contributed by atoms with Gasteiger partial charge in [0.2, 0.25) is 5.91 Å². The number of hydrogen-bond acceptors (Lipinski definition) is 6. The molecule has 2 fully saturated rings. The summed E-state index contributed by atoms with van der Waals surface area (Å²) < 4.78 is 5.30. The summed E-state index contributed by atoms with van der Waals surface area (Å²) in [4.78, 5) is 19.3. The highest BCUT2D eigenvalue weighted by molar-refractivity contribution is 5.78. The Hall–Kier alpha value is -2.45. The summed E-state index contributed by atoms with van der Waals surface area (Å²) in [5.74, 6) is 0.800. The van der Waals surface area contributed by atoms with Gasteiger partial charge in [-0.25, -0.2) is 4.90 Å². The Labute approximate surface area is 216 Å². The molecule has 1 atom stereocenters. The van der Waals surface area contributed by atoms with Crippen molar-refractivity contribution in [2.24, 2.45) is 0 Å². The van der Waals surface area contributed by atoms with Crippen molar-refractivity contribution >= 4 is 5.91 Å². The van der Waals surface area contributed by atoms with Crippen molar-refractivity contribution in [1.82, 2.24) is 20.0 Å². The van der Waals surface area contributed by atoms with Crippen LogP contribution in [0.1, 0.15) is 50.2 Å². The lowest BCUT2D eigenvalue weighted by atomic mass is 9.68. The van der Waals surface area contributed by atoms with E-state index in [1.807, 2.05) is 24.3 Å². The zero-order chi connectivity index (χ0) is 25.8. The SMILES string of the molecule is CCCNC(=O)CN1C(O)N(Cc2ccc(OC)cc2)CC12CCC(c1ccccc1)(N(C)C)CC2. The molecule has 2 aliphatic rings. The van der Waals surface area contributed by atoms with Crippen LogP contribution in [0.25, 0.3) is 0 Å². The first kappa shape index (κ1) is 26.6. The number of carbonyl (C=O) groups is 1. The zero-order valence-corrected chi connectivity index (χ0v) is 22.2. The largest absolute Gasteiger partial charge is 0.497 e. The van der Waals surface area contributed by atoms with Crippen LogP contribution in [0.15, 0.2) is 54.6 Å². The van der Waals surface area contributed by atoms with Gasteiger partial charge in [0, 0.05) is 30.7 Å². The Morgan fingerprint density at radius 3 is 2.33 bits per heavy atom. The number of amides is 1. The molecule has 0 radical (unpaired) electrons. The maximum atomic E-state index is 12.8. The number of hydrogen-bond donors (Lipinski definition) is 2. The topological polar surface area (TPSA) is 68.3 Å². The summed E-state index contributed by atoms with van der Waals surface area (Å²) in [6.45, 7) is 4.27. The molecule has 1 spiro atoms. The molecule has 1 saturated carbocycles. The number of aliphatic hydroxyl groups excluding tert-OH is 1. The summed E-state index contributed by atoms with van der Waals surface area (Å²) in [5.41, 5.74) is 2.16. The number of aliphatic hydroxyl groups is 1. The minimum Gasteiger partial charge on any atom is -0.497 e. The minimum atomic E-state index is -0.803. The second-order valence-electron chi connectivity index (χ2n) is 10.6. The van der Waals surface area contributed by atoms with Gasteiger partial charge in [-0.15, -0.1) is 0 Å². The maximum absolute atomic E-state index is 12.8. The molecule has 1 saturated heterocycles. The molecule has 2 aromatic carbocycles. The second-order valence-corrected chi connectivity index (χ2v) is 10.6. The lowest BCUT2D eigenvalue weighted by molar-refractivity contribution is -0.134. The number of nitrogens with zero attached hydrogens (tertiary/aromatic N) is 3. The fourth-order valence-corrected chi connectivity index (χ4v) is 6.14. The van der Waals surface area contributed by atoms with Gasteiger partial charge in [-0.2, -0.15) is 0 Å². The smallest absolute Gasteiger partial charge is 0.234 e. The Bertz CT molecular complexity index is 987. The summed E-state index contributed by atoms with van der Waals surface area (Å²) in [6, 6.07) is 18.8. The molecule has 0 bridgehead atoms. The molecule has 2 N–H and O–H groups in total. The van der Waals surface area contributed by atoms with E-state index in [4.69, 9.17) is 4.74 Å². The molecule has 1 aliphatic heterocycles. The minimum absolute atomic E-state index is 0.0194. The van der Waals surface area contributed by atoms with Gasteiger partial charge in [0.25, 0.3) is 0 Å². The zero-order valence-electron chi connectivity index (χ0n) is 22.2. The summed E-state index contributed by atoms with van der Waals surface area (Å²) in [7, 11) is 6.00. The predicted molar refractivity (Wildman–Crippen MR) is 142 cm³/mol. The highest BCUT2D eigenvalue weighted by Crippen LogP contribution is 2.49. The van der Waals surface area contributed by atoms with Gasteiger partial charge in [0.1, 0.15) is 5.75 Å². The first-order chi connectivity index (χ1) is 17.3. The van der Waals surface area contributed by atoms with Crippen molar-refractivity contribution in [3.05, 3.63) is 65.7 Å². The van der Waals surface area contributed by atoms with Crippen LogP contribution in [0.5, 0.6) is 5.75 Å². The van der Waals surface area contributed by atoms with Crippen molar-refractivity contribution in [2.75, 3.05) is 40.8 Å². The lowest BCUT2D eigenvalue weighted by Gasteiger charge is -2.51. The molecule has 1 amide bonds. The third-order valence-corrected chi connectivity index (χ3v) is 8.32. The molecule has 1 heterocycles. The van der Waals surface area contributed by atoms with E-state index in [-0.39, 0.29) is 23.5 Å². The van der Waals surface area contributed by atoms with Crippen LogP contribution in [-0.4, -0.2) is 78.4 Å². The molecule has 1 unspecified atom stereocenters. The first-order valence-corrected chi connectivity index (χ1v) is 13.1. The van der Waals surface area contributed by atoms with Gasteiger partial charge >= 0.3 is 0 Å². The Morgan fingerprint density at radius 1 is 1.08 bits per heavy atom. The summed E-state index contributed by atoms with van der Waals surface area (Å²) >= 11 is 0. The van der Waals surface area contributed by atoms with E-state index in [9.17, 15) is 9.90 Å². The van der Waals surface area contributed by atoms with Crippen LogP contribution in [0.3, 0.4) is 0 Å². The average molecular weight is 495 g/mol. The van der Waals surface area contributed by atoms with E-state index in [0.29, 0.717) is 13.1 Å². The van der Waals surface area contributed by atoms with E-state index in [2.05, 4.69) is 71.4 Å². The van der Waals surface area contributed by atoms with Crippen LogP contribution in [0, 0.1) is 0 Å². The van der Waals surface area contributed by atoms with Crippen molar-refractivity contribution in [3.63, 3.8) is 0 Å². The number of methoxy groups -OCH3 is 1. The van der Waals surface area contributed by atoms with E-state index in [1.165, 1.54) is 5.56 Å². The quantitative estimate of drug-likeness (QED) is 0.557. The fraction of sp³-hybridized carbons (Fsp3) is 0.552. The van der Waals surface area contributed by atoms with Crippen molar-refractivity contribution in [3.8, 4) is 5.75 Å². The Morgan fingerprint density at radius 2 is 1.75 bits per heavy atom. The third kappa shape index (κ3) is 5.30. The van der Waals surface area contributed by atoms with Crippen LogP contribution in [-0.2, 0) is 16.9 Å². The van der Waals surface area contributed by atoms with Crippen LogP contribution < -0.4 is 10.1 Å². The van der Waals surface area contributed by atoms with Gasteiger partial charge in [0.05, 0.1) is 13.7 Å². The van der Waals surface area contributed by atoms with Gasteiger partial charge in [-0.05, 0) is 69.5 Å². The second kappa shape index (κ2) is 11.3. The number of nitrogens with one attached hydrogen (secondary N) is 1. The van der Waals surface area contributed by atoms with Gasteiger partial charge in [-0.3, -0.25) is 14.6 Å². The highest BCUT2D eigenvalue weighted by Gasteiger charge is 2.54. The van der Waals surface area contributed by atoms with Crippen LogP contribution in [0.4, 0.5) is 0 Å². The molecule has 7 nitrogen and oxygen atoms in total. The number of ether oxygens (including phenoxy) is 1. The summed E-state index contributed by atoms with van der Waals surface area (Å²) in [5, 5.41) is 14.5.